The van der Waals surface area contributed by atoms with Crippen molar-refractivity contribution in [3.05, 3.63) is 42.0 Å². The lowest BCUT2D eigenvalue weighted by molar-refractivity contribution is -0.274. The van der Waals surface area contributed by atoms with Crippen LogP contribution in [0.3, 0.4) is 0 Å². The van der Waals surface area contributed by atoms with Crippen LogP contribution < -0.4 is 4.74 Å². The molecule has 0 unspecified atom stereocenters. The van der Waals surface area contributed by atoms with Crippen molar-refractivity contribution in [3.8, 4) is 5.75 Å². The minimum Gasteiger partial charge on any atom is -0.405 e. The fraction of sp³-hybridized carbons (Fsp3) is 0.0833. The monoisotopic (exact) mass is 240 g/mol. The molecule has 5 heteroatoms. The molecule has 0 aliphatic rings. The van der Waals surface area contributed by atoms with Crippen LogP contribution in [0.15, 0.2) is 36.4 Å². The summed E-state index contributed by atoms with van der Waals surface area (Å²) in [4.78, 5) is 10.8. The lowest BCUT2D eigenvalue weighted by atomic mass is 10.0. The maximum Gasteiger partial charge on any atom is 0.573 e. The van der Waals surface area contributed by atoms with Gasteiger partial charge in [-0.1, -0.05) is 30.3 Å². The third kappa shape index (κ3) is 2.38. The summed E-state index contributed by atoms with van der Waals surface area (Å²) in [5, 5.41) is 0.693. The third-order valence-electron chi connectivity index (χ3n) is 2.27. The molecular weight excluding hydrogens is 233 g/mol. The number of halogens is 3. The highest BCUT2D eigenvalue weighted by atomic mass is 19.4. The molecule has 2 nitrogen and oxygen atoms in total. The van der Waals surface area contributed by atoms with Gasteiger partial charge in [-0.25, -0.2) is 0 Å². The van der Waals surface area contributed by atoms with Crippen molar-refractivity contribution < 1.29 is 22.7 Å². The topological polar surface area (TPSA) is 26.3 Å². The summed E-state index contributed by atoms with van der Waals surface area (Å²) >= 11 is 0. The van der Waals surface area contributed by atoms with Crippen molar-refractivity contribution in [2.24, 2.45) is 0 Å². The first kappa shape index (κ1) is 11.4. The predicted octanol–water partition coefficient (Wildman–Crippen LogP) is 3.55. The molecule has 0 atom stereocenters. The van der Waals surface area contributed by atoms with E-state index in [9.17, 15) is 18.0 Å². The van der Waals surface area contributed by atoms with E-state index in [0.29, 0.717) is 17.2 Å². The van der Waals surface area contributed by atoms with Gasteiger partial charge in [0.2, 0.25) is 0 Å². The predicted molar refractivity (Wildman–Crippen MR) is 56.0 cm³/mol. The van der Waals surface area contributed by atoms with Crippen molar-refractivity contribution in [1.29, 1.82) is 0 Å². The van der Waals surface area contributed by atoms with Crippen LogP contribution in [0.1, 0.15) is 10.4 Å². The molecule has 88 valence electrons. The molecule has 0 spiro atoms. The third-order valence-corrected chi connectivity index (χ3v) is 2.27. The zero-order chi connectivity index (χ0) is 12.5. The first-order chi connectivity index (χ1) is 8.01. The highest BCUT2D eigenvalue weighted by molar-refractivity contribution is 6.00. The first-order valence-electron chi connectivity index (χ1n) is 4.74. The smallest absolute Gasteiger partial charge is 0.405 e. The number of aldehydes is 1. The van der Waals surface area contributed by atoms with Crippen LogP contribution in [0.25, 0.3) is 10.8 Å². The Kier molecular flexibility index (Phi) is 2.75. The van der Waals surface area contributed by atoms with E-state index in [1.165, 1.54) is 30.3 Å². The molecule has 0 aromatic heterocycles. The molecule has 2 aromatic rings. The summed E-state index contributed by atoms with van der Waals surface area (Å²) in [6, 6.07) is 8.72. The minimum absolute atomic E-state index is 0.259. The van der Waals surface area contributed by atoms with E-state index in [2.05, 4.69) is 4.74 Å². The van der Waals surface area contributed by atoms with E-state index in [-0.39, 0.29) is 11.1 Å². The van der Waals surface area contributed by atoms with Gasteiger partial charge in [0, 0.05) is 10.9 Å². The van der Waals surface area contributed by atoms with Gasteiger partial charge in [0.25, 0.3) is 0 Å². The van der Waals surface area contributed by atoms with Crippen molar-refractivity contribution in [2.45, 2.75) is 6.36 Å². The molecule has 0 aliphatic heterocycles. The van der Waals surface area contributed by atoms with Crippen LogP contribution in [0.5, 0.6) is 5.75 Å². The van der Waals surface area contributed by atoms with E-state index in [4.69, 9.17) is 0 Å². The van der Waals surface area contributed by atoms with Crippen LogP contribution in [-0.2, 0) is 0 Å². The van der Waals surface area contributed by atoms with E-state index in [0.717, 1.165) is 0 Å². The Labute approximate surface area is 94.6 Å². The maximum atomic E-state index is 12.2. The summed E-state index contributed by atoms with van der Waals surface area (Å²) in [5.74, 6) is -0.307. The van der Waals surface area contributed by atoms with Crippen LogP contribution in [0.2, 0.25) is 0 Å². The summed E-state index contributed by atoms with van der Waals surface area (Å²) in [6.07, 6.45) is -4.15. The first-order valence-corrected chi connectivity index (χ1v) is 4.74. The summed E-state index contributed by atoms with van der Waals surface area (Å²) in [6.45, 7) is 0. The Hall–Kier alpha value is -2.04. The van der Waals surface area contributed by atoms with Gasteiger partial charge in [-0.15, -0.1) is 13.2 Å². The molecule has 0 radical (unpaired) electrons. The Balaban J connectivity index is 2.62. The quantitative estimate of drug-likeness (QED) is 0.750. The fourth-order valence-corrected chi connectivity index (χ4v) is 1.62. The number of carbonyl (C=O) groups excluding carboxylic acids is 1. The second kappa shape index (κ2) is 4.08. The number of benzene rings is 2. The van der Waals surface area contributed by atoms with Gasteiger partial charge >= 0.3 is 6.36 Å². The van der Waals surface area contributed by atoms with Gasteiger partial charge in [0.1, 0.15) is 5.75 Å². The number of fused-ring (bicyclic) bond motifs is 1. The largest absolute Gasteiger partial charge is 0.573 e. The summed E-state index contributed by atoms with van der Waals surface area (Å²) in [7, 11) is 0. The van der Waals surface area contributed by atoms with Crippen LogP contribution in [0, 0.1) is 0 Å². The molecular formula is C12H7F3O2. The minimum atomic E-state index is -4.74. The number of carbonyl (C=O) groups is 1. The lowest BCUT2D eigenvalue weighted by Crippen LogP contribution is -2.17. The highest BCUT2D eigenvalue weighted by Crippen LogP contribution is 2.31. The Morgan fingerprint density at radius 3 is 2.29 bits per heavy atom. The van der Waals surface area contributed by atoms with Crippen molar-refractivity contribution in [1.82, 2.24) is 0 Å². The second-order valence-corrected chi connectivity index (χ2v) is 3.36. The van der Waals surface area contributed by atoms with Crippen LogP contribution in [0.4, 0.5) is 13.2 Å². The molecule has 0 saturated carbocycles. The highest BCUT2D eigenvalue weighted by Gasteiger charge is 2.31. The molecule has 0 N–H and O–H groups in total. The SMILES string of the molecule is O=Cc1cccc2c(OC(F)(F)F)cccc12. The van der Waals surface area contributed by atoms with E-state index < -0.39 is 6.36 Å². The van der Waals surface area contributed by atoms with Gasteiger partial charge < -0.3 is 4.74 Å². The average molecular weight is 240 g/mol. The van der Waals surface area contributed by atoms with Crippen molar-refractivity contribution in [3.63, 3.8) is 0 Å². The molecule has 0 fully saturated rings. The molecule has 0 heterocycles. The molecule has 0 saturated heterocycles. The molecule has 17 heavy (non-hydrogen) atoms. The van der Waals surface area contributed by atoms with Gasteiger partial charge in [-0.05, 0) is 11.5 Å². The number of hydrogen-bond donors (Lipinski definition) is 0. The lowest BCUT2D eigenvalue weighted by Gasteiger charge is -2.11. The Morgan fingerprint density at radius 2 is 1.65 bits per heavy atom. The number of alkyl halides is 3. The number of hydrogen-bond acceptors (Lipinski definition) is 2. The molecule has 2 aromatic carbocycles. The van der Waals surface area contributed by atoms with Crippen molar-refractivity contribution in [2.75, 3.05) is 0 Å². The van der Waals surface area contributed by atoms with E-state index >= 15 is 0 Å². The van der Waals surface area contributed by atoms with Crippen LogP contribution in [-0.4, -0.2) is 12.6 Å². The average Bonchev–Trinajstić information content (AvgIpc) is 2.27. The molecule has 0 bridgehead atoms. The van der Waals surface area contributed by atoms with Crippen LogP contribution >= 0.6 is 0 Å². The standard InChI is InChI=1S/C12H7F3O2/c13-12(14,15)17-11-6-2-4-9-8(7-16)3-1-5-10(9)11/h1-7H. The van der Waals surface area contributed by atoms with E-state index in [1.807, 2.05) is 0 Å². The van der Waals surface area contributed by atoms with Gasteiger partial charge in [-0.3, -0.25) is 4.79 Å². The zero-order valence-electron chi connectivity index (χ0n) is 8.49. The number of ether oxygens (including phenoxy) is 1. The van der Waals surface area contributed by atoms with Crippen molar-refractivity contribution >= 4 is 17.1 Å². The number of rotatable bonds is 2. The van der Waals surface area contributed by atoms with Gasteiger partial charge in [0.15, 0.2) is 6.29 Å². The molecule has 2 rings (SSSR count). The van der Waals surface area contributed by atoms with Gasteiger partial charge in [0.05, 0.1) is 0 Å². The second-order valence-electron chi connectivity index (χ2n) is 3.36. The summed E-state index contributed by atoms with van der Waals surface area (Å²) < 4.78 is 40.4. The van der Waals surface area contributed by atoms with Gasteiger partial charge in [-0.2, -0.15) is 0 Å². The summed E-state index contributed by atoms with van der Waals surface area (Å²) in [5.41, 5.74) is 0.329. The molecule has 0 amide bonds. The molecule has 0 aliphatic carbocycles. The Morgan fingerprint density at radius 1 is 1.00 bits per heavy atom. The fourth-order valence-electron chi connectivity index (χ4n) is 1.62. The Bertz CT molecular complexity index is 561. The zero-order valence-corrected chi connectivity index (χ0v) is 8.49. The normalized spacial score (nSPS) is 11.5. The van der Waals surface area contributed by atoms with E-state index in [1.54, 1.807) is 6.07 Å². The maximum absolute atomic E-state index is 12.2.